The average Bonchev–Trinajstić information content (AvgIpc) is 3.11. The molecule has 0 spiro atoms. The minimum absolute atomic E-state index is 0.192. The molecule has 122 valence electrons. The zero-order chi connectivity index (χ0) is 15.1. The lowest BCUT2D eigenvalue weighted by molar-refractivity contribution is -0.126. The van der Waals surface area contributed by atoms with Gasteiger partial charge >= 0.3 is 0 Å². The molecule has 3 unspecified atom stereocenters. The topological polar surface area (TPSA) is 73.6 Å². The molecule has 2 fully saturated rings. The Bertz CT molecular complexity index is 331. The van der Waals surface area contributed by atoms with Crippen molar-refractivity contribution < 1.29 is 14.3 Å². The van der Waals surface area contributed by atoms with Gasteiger partial charge in [-0.3, -0.25) is 4.79 Å². The zero-order valence-corrected chi connectivity index (χ0v) is 13.2. The Hall–Kier alpha value is -0.650. The zero-order valence-electron chi connectivity index (χ0n) is 13.2. The molecule has 2 aliphatic rings. The Kier molecular flexibility index (Phi) is 6.45. The van der Waals surface area contributed by atoms with Crippen LogP contribution in [0, 0.1) is 11.8 Å². The number of nitrogens with two attached hydrogens (primary N) is 1. The number of rotatable bonds is 9. The highest BCUT2D eigenvalue weighted by Crippen LogP contribution is 2.38. The summed E-state index contributed by atoms with van der Waals surface area (Å²) in [7, 11) is 0. The minimum Gasteiger partial charge on any atom is -0.381 e. The molecule has 1 saturated heterocycles. The molecule has 1 aliphatic carbocycles. The van der Waals surface area contributed by atoms with Gasteiger partial charge in [0, 0.05) is 19.1 Å². The van der Waals surface area contributed by atoms with Gasteiger partial charge in [-0.2, -0.15) is 0 Å². The van der Waals surface area contributed by atoms with Gasteiger partial charge in [0.25, 0.3) is 0 Å². The van der Waals surface area contributed by atoms with Crippen molar-refractivity contribution in [1.29, 1.82) is 0 Å². The molecule has 0 aromatic carbocycles. The molecular weight excluding hydrogens is 268 g/mol. The fourth-order valence-corrected chi connectivity index (χ4v) is 3.65. The Morgan fingerprint density at radius 2 is 2.33 bits per heavy atom. The van der Waals surface area contributed by atoms with E-state index in [0.717, 1.165) is 64.9 Å². The summed E-state index contributed by atoms with van der Waals surface area (Å²) in [6.07, 6.45) is 6.03. The van der Waals surface area contributed by atoms with Crippen LogP contribution in [0.3, 0.4) is 0 Å². The fourth-order valence-electron chi connectivity index (χ4n) is 3.65. The summed E-state index contributed by atoms with van der Waals surface area (Å²) in [6, 6.07) is 0. The molecule has 5 heteroatoms. The van der Waals surface area contributed by atoms with Crippen molar-refractivity contribution in [3.8, 4) is 0 Å². The Balaban J connectivity index is 1.77. The number of nitrogens with one attached hydrogen (secondary N) is 1. The largest absolute Gasteiger partial charge is 0.381 e. The summed E-state index contributed by atoms with van der Waals surface area (Å²) in [5, 5.41) is 3.43. The molecule has 21 heavy (non-hydrogen) atoms. The van der Waals surface area contributed by atoms with Gasteiger partial charge in [0.15, 0.2) is 0 Å². The monoisotopic (exact) mass is 298 g/mol. The van der Waals surface area contributed by atoms with Gasteiger partial charge in [0.1, 0.15) is 5.54 Å². The lowest BCUT2D eigenvalue weighted by atomic mass is 9.84. The van der Waals surface area contributed by atoms with Crippen molar-refractivity contribution >= 4 is 5.91 Å². The van der Waals surface area contributed by atoms with E-state index in [1.807, 2.05) is 0 Å². The molecule has 0 aromatic heterocycles. The molecule has 5 nitrogen and oxygen atoms in total. The summed E-state index contributed by atoms with van der Waals surface area (Å²) >= 11 is 0. The number of primary amides is 1. The maximum Gasteiger partial charge on any atom is 0.238 e. The summed E-state index contributed by atoms with van der Waals surface area (Å²) in [6.45, 7) is 6.13. The van der Waals surface area contributed by atoms with Crippen molar-refractivity contribution in [2.24, 2.45) is 17.6 Å². The third kappa shape index (κ3) is 4.18. The van der Waals surface area contributed by atoms with Crippen molar-refractivity contribution in [3.63, 3.8) is 0 Å². The molecule has 1 amide bonds. The van der Waals surface area contributed by atoms with Crippen LogP contribution >= 0.6 is 0 Å². The van der Waals surface area contributed by atoms with Crippen LogP contribution in [-0.4, -0.2) is 44.4 Å². The van der Waals surface area contributed by atoms with Crippen molar-refractivity contribution in [2.45, 2.75) is 51.0 Å². The van der Waals surface area contributed by atoms with Crippen LogP contribution in [0.25, 0.3) is 0 Å². The third-order valence-corrected chi connectivity index (χ3v) is 4.94. The van der Waals surface area contributed by atoms with E-state index in [1.54, 1.807) is 0 Å². The first-order valence-electron chi connectivity index (χ1n) is 8.39. The van der Waals surface area contributed by atoms with Crippen LogP contribution in [0.15, 0.2) is 0 Å². The number of carbonyl (C=O) groups is 1. The molecule has 0 aromatic rings. The molecule has 0 bridgehead atoms. The highest BCUT2D eigenvalue weighted by atomic mass is 16.5. The van der Waals surface area contributed by atoms with Crippen molar-refractivity contribution in [2.75, 3.05) is 33.0 Å². The first-order chi connectivity index (χ1) is 10.2. The second kappa shape index (κ2) is 8.11. The van der Waals surface area contributed by atoms with E-state index >= 15 is 0 Å². The molecule has 3 N–H and O–H groups in total. The van der Waals surface area contributed by atoms with Gasteiger partial charge in [-0.1, -0.05) is 13.3 Å². The Labute approximate surface area is 127 Å². The SMILES string of the molecule is CCCNC1(C(N)=O)CCCC1CCOCC1CCOC1. The minimum atomic E-state index is -0.504. The average molecular weight is 298 g/mol. The Morgan fingerprint density at radius 1 is 1.48 bits per heavy atom. The molecule has 1 heterocycles. The fraction of sp³-hybridized carbons (Fsp3) is 0.938. The van der Waals surface area contributed by atoms with Gasteiger partial charge in [-0.15, -0.1) is 0 Å². The number of amides is 1. The van der Waals surface area contributed by atoms with Crippen LogP contribution < -0.4 is 11.1 Å². The number of ether oxygens (including phenoxy) is 2. The number of carbonyl (C=O) groups excluding carboxylic acids is 1. The van der Waals surface area contributed by atoms with Gasteiger partial charge < -0.3 is 20.5 Å². The maximum absolute atomic E-state index is 12.0. The van der Waals surface area contributed by atoms with Gasteiger partial charge in [-0.25, -0.2) is 0 Å². The van der Waals surface area contributed by atoms with E-state index in [2.05, 4.69) is 12.2 Å². The van der Waals surface area contributed by atoms with Crippen LogP contribution in [-0.2, 0) is 14.3 Å². The first kappa shape index (κ1) is 16.7. The van der Waals surface area contributed by atoms with Crippen LogP contribution in [0.2, 0.25) is 0 Å². The van der Waals surface area contributed by atoms with Crippen LogP contribution in [0.4, 0.5) is 0 Å². The third-order valence-electron chi connectivity index (χ3n) is 4.94. The van der Waals surface area contributed by atoms with E-state index < -0.39 is 5.54 Å². The number of hydrogen-bond acceptors (Lipinski definition) is 4. The van der Waals surface area contributed by atoms with E-state index in [0.29, 0.717) is 18.4 Å². The second-order valence-electron chi connectivity index (χ2n) is 6.44. The molecule has 1 aliphatic heterocycles. The summed E-state index contributed by atoms with van der Waals surface area (Å²) in [4.78, 5) is 12.0. The van der Waals surface area contributed by atoms with Crippen molar-refractivity contribution in [3.05, 3.63) is 0 Å². The standard InChI is InChI=1S/C16H30N2O3/c1-2-8-18-16(15(17)19)7-3-4-14(16)6-10-21-12-13-5-9-20-11-13/h13-14,18H,2-12H2,1H3,(H2,17,19). The summed E-state index contributed by atoms with van der Waals surface area (Å²) < 4.78 is 11.1. The first-order valence-corrected chi connectivity index (χ1v) is 8.39. The smallest absolute Gasteiger partial charge is 0.238 e. The van der Waals surface area contributed by atoms with Crippen molar-refractivity contribution in [1.82, 2.24) is 5.32 Å². The van der Waals surface area contributed by atoms with Gasteiger partial charge in [-0.05, 0) is 44.6 Å². The maximum atomic E-state index is 12.0. The van der Waals surface area contributed by atoms with Gasteiger partial charge in [0.2, 0.25) is 5.91 Å². The quantitative estimate of drug-likeness (QED) is 0.632. The van der Waals surface area contributed by atoms with E-state index in [4.69, 9.17) is 15.2 Å². The van der Waals surface area contributed by atoms with Gasteiger partial charge in [0.05, 0.1) is 13.2 Å². The molecule has 1 saturated carbocycles. The number of hydrogen-bond donors (Lipinski definition) is 2. The predicted octanol–water partition coefficient (Wildman–Crippen LogP) is 1.45. The van der Waals surface area contributed by atoms with Crippen LogP contribution in [0.5, 0.6) is 0 Å². The summed E-state index contributed by atoms with van der Waals surface area (Å²) in [5.74, 6) is 0.664. The normalized spacial score (nSPS) is 32.6. The lowest BCUT2D eigenvalue weighted by Crippen LogP contribution is -2.58. The second-order valence-corrected chi connectivity index (χ2v) is 6.44. The van der Waals surface area contributed by atoms with Crippen LogP contribution in [0.1, 0.15) is 45.4 Å². The predicted molar refractivity (Wildman–Crippen MR) is 81.9 cm³/mol. The molecular formula is C16H30N2O3. The van der Waals surface area contributed by atoms with E-state index in [9.17, 15) is 4.79 Å². The highest BCUT2D eigenvalue weighted by Gasteiger charge is 2.46. The highest BCUT2D eigenvalue weighted by molar-refractivity contribution is 5.85. The van der Waals surface area contributed by atoms with E-state index in [1.165, 1.54) is 0 Å². The summed E-state index contributed by atoms with van der Waals surface area (Å²) in [5.41, 5.74) is 5.20. The Morgan fingerprint density at radius 3 is 3.00 bits per heavy atom. The molecule has 3 atom stereocenters. The van der Waals surface area contributed by atoms with E-state index in [-0.39, 0.29) is 5.91 Å². The lowest BCUT2D eigenvalue weighted by Gasteiger charge is -2.33. The molecule has 2 rings (SSSR count). The molecule has 0 radical (unpaired) electrons.